The monoisotopic (exact) mass is 272 g/mol. The van der Waals surface area contributed by atoms with Crippen molar-refractivity contribution in [3.8, 4) is 11.5 Å². The summed E-state index contributed by atoms with van der Waals surface area (Å²) in [5.41, 5.74) is 3.14. The Hall–Kier alpha value is -2.00. The maximum absolute atomic E-state index is 9.58. The fourth-order valence-electron chi connectivity index (χ4n) is 2.03. The molecule has 3 heteroatoms. The molecule has 0 saturated heterocycles. The SMILES string of the molecule is COc1cc([C@@H](C)O)ccc1OCc1cccc(C)c1. The third kappa shape index (κ3) is 3.52. The standard InChI is InChI=1S/C17H20O3/c1-12-5-4-6-14(9-12)11-20-16-8-7-15(13(2)18)10-17(16)19-3/h4-10,13,18H,11H2,1-3H3/t13-/m1/s1. The molecule has 3 nitrogen and oxygen atoms in total. The molecule has 0 saturated carbocycles. The second kappa shape index (κ2) is 6.44. The molecule has 0 aliphatic rings. The van der Waals surface area contributed by atoms with Crippen LogP contribution >= 0.6 is 0 Å². The number of aliphatic hydroxyl groups excluding tert-OH is 1. The maximum atomic E-state index is 9.58. The summed E-state index contributed by atoms with van der Waals surface area (Å²) >= 11 is 0. The molecule has 0 aliphatic carbocycles. The Morgan fingerprint density at radius 2 is 1.90 bits per heavy atom. The van der Waals surface area contributed by atoms with Gasteiger partial charge in [0.05, 0.1) is 13.2 Å². The smallest absolute Gasteiger partial charge is 0.161 e. The maximum Gasteiger partial charge on any atom is 0.161 e. The van der Waals surface area contributed by atoms with Crippen molar-refractivity contribution < 1.29 is 14.6 Å². The zero-order valence-corrected chi connectivity index (χ0v) is 12.1. The predicted octanol–water partition coefficient (Wildman–Crippen LogP) is 3.64. The number of ether oxygens (including phenoxy) is 2. The Morgan fingerprint density at radius 3 is 2.55 bits per heavy atom. The predicted molar refractivity (Wildman–Crippen MR) is 79.1 cm³/mol. The highest BCUT2D eigenvalue weighted by Crippen LogP contribution is 2.30. The van der Waals surface area contributed by atoms with Crippen molar-refractivity contribution >= 4 is 0 Å². The van der Waals surface area contributed by atoms with Crippen molar-refractivity contribution in [2.45, 2.75) is 26.6 Å². The van der Waals surface area contributed by atoms with Crippen LogP contribution in [0.25, 0.3) is 0 Å². The van der Waals surface area contributed by atoms with Crippen LogP contribution in [0.1, 0.15) is 29.7 Å². The van der Waals surface area contributed by atoms with Gasteiger partial charge in [0.15, 0.2) is 11.5 Å². The van der Waals surface area contributed by atoms with Crippen LogP contribution in [0.3, 0.4) is 0 Å². The minimum atomic E-state index is -0.519. The molecular weight excluding hydrogens is 252 g/mol. The Balaban J connectivity index is 2.13. The van der Waals surface area contributed by atoms with Gasteiger partial charge in [0.2, 0.25) is 0 Å². The lowest BCUT2D eigenvalue weighted by atomic mass is 10.1. The van der Waals surface area contributed by atoms with E-state index in [4.69, 9.17) is 9.47 Å². The number of rotatable bonds is 5. The highest BCUT2D eigenvalue weighted by Gasteiger charge is 2.09. The molecule has 0 amide bonds. The average Bonchev–Trinajstić information content (AvgIpc) is 2.45. The van der Waals surface area contributed by atoms with Gasteiger partial charge in [0, 0.05) is 0 Å². The van der Waals surface area contributed by atoms with Crippen LogP contribution in [0.5, 0.6) is 11.5 Å². The van der Waals surface area contributed by atoms with Crippen molar-refractivity contribution in [3.63, 3.8) is 0 Å². The van der Waals surface area contributed by atoms with E-state index >= 15 is 0 Å². The molecule has 0 unspecified atom stereocenters. The normalized spacial score (nSPS) is 12.0. The fraction of sp³-hybridized carbons (Fsp3) is 0.294. The molecule has 106 valence electrons. The van der Waals surface area contributed by atoms with Gasteiger partial charge in [-0.3, -0.25) is 0 Å². The average molecular weight is 272 g/mol. The van der Waals surface area contributed by atoms with Gasteiger partial charge in [-0.05, 0) is 37.1 Å². The molecule has 0 bridgehead atoms. The molecule has 1 atom stereocenters. The summed E-state index contributed by atoms with van der Waals surface area (Å²) in [6, 6.07) is 13.7. The third-order valence-corrected chi connectivity index (χ3v) is 3.15. The van der Waals surface area contributed by atoms with E-state index in [0.717, 1.165) is 11.1 Å². The second-order valence-electron chi connectivity index (χ2n) is 4.86. The van der Waals surface area contributed by atoms with Gasteiger partial charge in [-0.1, -0.05) is 35.9 Å². The zero-order chi connectivity index (χ0) is 14.5. The first-order valence-electron chi connectivity index (χ1n) is 6.64. The topological polar surface area (TPSA) is 38.7 Å². The second-order valence-corrected chi connectivity index (χ2v) is 4.86. The van der Waals surface area contributed by atoms with Gasteiger partial charge in [-0.25, -0.2) is 0 Å². The Morgan fingerprint density at radius 1 is 1.10 bits per heavy atom. The Labute approximate surface area is 119 Å². The summed E-state index contributed by atoms with van der Waals surface area (Å²) < 4.78 is 11.1. The molecule has 2 aromatic carbocycles. The molecule has 0 aliphatic heterocycles. The molecule has 20 heavy (non-hydrogen) atoms. The minimum Gasteiger partial charge on any atom is -0.493 e. The van der Waals surface area contributed by atoms with Crippen molar-refractivity contribution in [2.24, 2.45) is 0 Å². The third-order valence-electron chi connectivity index (χ3n) is 3.15. The zero-order valence-electron chi connectivity index (χ0n) is 12.1. The number of methoxy groups -OCH3 is 1. The van der Waals surface area contributed by atoms with Crippen LogP contribution in [0.15, 0.2) is 42.5 Å². The van der Waals surface area contributed by atoms with E-state index in [-0.39, 0.29) is 0 Å². The summed E-state index contributed by atoms with van der Waals surface area (Å²) in [5, 5.41) is 9.58. The van der Waals surface area contributed by atoms with Crippen molar-refractivity contribution in [1.29, 1.82) is 0 Å². The first-order chi connectivity index (χ1) is 9.60. The summed E-state index contributed by atoms with van der Waals surface area (Å²) in [6.07, 6.45) is -0.519. The van der Waals surface area contributed by atoms with Gasteiger partial charge in [0.1, 0.15) is 6.61 Å². The highest BCUT2D eigenvalue weighted by atomic mass is 16.5. The lowest BCUT2D eigenvalue weighted by Crippen LogP contribution is -1.99. The lowest BCUT2D eigenvalue weighted by Gasteiger charge is -2.13. The lowest BCUT2D eigenvalue weighted by molar-refractivity contribution is 0.198. The van der Waals surface area contributed by atoms with Gasteiger partial charge >= 0.3 is 0 Å². The Bertz CT molecular complexity index is 576. The van der Waals surface area contributed by atoms with E-state index in [1.807, 2.05) is 24.3 Å². The van der Waals surface area contributed by atoms with E-state index in [1.54, 1.807) is 20.1 Å². The number of aliphatic hydroxyl groups is 1. The number of benzene rings is 2. The summed E-state index contributed by atoms with van der Waals surface area (Å²) in [5.74, 6) is 1.31. The van der Waals surface area contributed by atoms with Crippen LogP contribution in [-0.2, 0) is 6.61 Å². The molecule has 0 heterocycles. The van der Waals surface area contributed by atoms with Gasteiger partial charge in [-0.2, -0.15) is 0 Å². The van der Waals surface area contributed by atoms with Crippen LogP contribution in [-0.4, -0.2) is 12.2 Å². The van der Waals surface area contributed by atoms with E-state index in [2.05, 4.69) is 19.1 Å². The molecule has 2 aromatic rings. The van der Waals surface area contributed by atoms with E-state index < -0.39 is 6.10 Å². The molecular formula is C17H20O3. The summed E-state index contributed by atoms with van der Waals surface area (Å²) in [6.45, 7) is 4.27. The van der Waals surface area contributed by atoms with Gasteiger partial charge in [0.25, 0.3) is 0 Å². The molecule has 0 fully saturated rings. The summed E-state index contributed by atoms with van der Waals surface area (Å²) in [7, 11) is 1.60. The number of aryl methyl sites for hydroxylation is 1. The summed E-state index contributed by atoms with van der Waals surface area (Å²) in [4.78, 5) is 0. The minimum absolute atomic E-state index is 0.492. The van der Waals surface area contributed by atoms with Crippen LogP contribution in [0.4, 0.5) is 0 Å². The van der Waals surface area contributed by atoms with Gasteiger partial charge in [-0.15, -0.1) is 0 Å². The molecule has 0 spiro atoms. The van der Waals surface area contributed by atoms with Crippen LogP contribution < -0.4 is 9.47 Å². The quantitative estimate of drug-likeness (QED) is 0.903. The number of hydrogen-bond acceptors (Lipinski definition) is 3. The molecule has 0 radical (unpaired) electrons. The Kier molecular flexibility index (Phi) is 4.64. The fourth-order valence-corrected chi connectivity index (χ4v) is 2.03. The highest BCUT2D eigenvalue weighted by molar-refractivity contribution is 5.43. The largest absolute Gasteiger partial charge is 0.493 e. The van der Waals surface area contributed by atoms with Crippen molar-refractivity contribution in [3.05, 3.63) is 59.2 Å². The van der Waals surface area contributed by atoms with E-state index in [0.29, 0.717) is 18.1 Å². The van der Waals surface area contributed by atoms with Gasteiger partial charge < -0.3 is 14.6 Å². The first-order valence-corrected chi connectivity index (χ1v) is 6.64. The van der Waals surface area contributed by atoms with Crippen molar-refractivity contribution in [1.82, 2.24) is 0 Å². The molecule has 0 aromatic heterocycles. The van der Waals surface area contributed by atoms with E-state index in [1.165, 1.54) is 5.56 Å². The molecule has 2 rings (SSSR count). The van der Waals surface area contributed by atoms with Crippen molar-refractivity contribution in [2.75, 3.05) is 7.11 Å². The van der Waals surface area contributed by atoms with E-state index in [9.17, 15) is 5.11 Å². The number of hydrogen-bond donors (Lipinski definition) is 1. The van der Waals surface area contributed by atoms with Crippen LogP contribution in [0.2, 0.25) is 0 Å². The molecule has 1 N–H and O–H groups in total. The van der Waals surface area contributed by atoms with Crippen LogP contribution in [0, 0.1) is 6.92 Å². The first kappa shape index (κ1) is 14.4.